The summed E-state index contributed by atoms with van der Waals surface area (Å²) in [6, 6.07) is -0.815. The van der Waals surface area contributed by atoms with E-state index in [4.69, 9.17) is 17.8 Å². The Bertz CT molecular complexity index is 1180. The van der Waals surface area contributed by atoms with Crippen molar-refractivity contribution < 1.29 is 44.3 Å². The normalized spacial score (nSPS) is 35.4. The summed E-state index contributed by atoms with van der Waals surface area (Å²) in [5.74, 6) is 0. The molecule has 6 atom stereocenters. The van der Waals surface area contributed by atoms with Crippen molar-refractivity contribution in [3.05, 3.63) is 0 Å². The van der Waals surface area contributed by atoms with Gasteiger partial charge in [0.1, 0.15) is 11.2 Å². The van der Waals surface area contributed by atoms with Gasteiger partial charge < -0.3 is 19.3 Å². The zero-order chi connectivity index (χ0) is 30.8. The third-order valence-corrected chi connectivity index (χ3v) is 11.4. The number of ether oxygens (including phenoxy) is 2. The predicted octanol–water partition coefficient (Wildman–Crippen LogP) is 2.21. The van der Waals surface area contributed by atoms with Crippen LogP contribution in [0.25, 0.3) is 0 Å². The number of rotatable bonds is 0. The van der Waals surface area contributed by atoms with Crippen LogP contribution in [-0.2, 0) is 38.4 Å². The average Bonchev–Trinajstić information content (AvgIpc) is 3.28. The van der Waals surface area contributed by atoms with Crippen molar-refractivity contribution in [3.63, 3.8) is 0 Å². The van der Waals surface area contributed by atoms with E-state index in [2.05, 4.69) is 0 Å². The Morgan fingerprint density at radius 1 is 0.619 bits per heavy atom. The molecular weight excluding hydrogens is 592 g/mol. The lowest BCUT2D eigenvalue weighted by molar-refractivity contribution is -0.0222. The number of amides is 2. The van der Waals surface area contributed by atoms with E-state index in [0.29, 0.717) is 13.1 Å². The van der Waals surface area contributed by atoms with E-state index in [1.807, 2.05) is 41.5 Å². The SMILES string of the molecule is CC(C)(C)OC(=O)N1CCN2[C@@H]3[C@@H](CCC[C@@H]31)OS2(=O)=O.CC(C)(C)OC(=O)N1CCN2[C@H]3[C@H](CCC[C@H]31)OS2(=O)=O. The Labute approximate surface area is 249 Å². The number of nitrogens with zero attached hydrogens (tertiary/aromatic N) is 4. The van der Waals surface area contributed by atoms with Crippen molar-refractivity contribution in [2.75, 3.05) is 26.2 Å². The molecule has 4 aliphatic heterocycles. The summed E-state index contributed by atoms with van der Waals surface area (Å²) in [6.07, 6.45) is 3.33. The first-order valence-corrected chi connectivity index (χ1v) is 17.5. The lowest BCUT2D eigenvalue weighted by Gasteiger charge is -2.46. The summed E-state index contributed by atoms with van der Waals surface area (Å²) in [7, 11) is -7.26. The van der Waals surface area contributed by atoms with Crippen LogP contribution >= 0.6 is 0 Å². The van der Waals surface area contributed by atoms with Crippen LogP contribution in [0.2, 0.25) is 0 Å². The van der Waals surface area contributed by atoms with E-state index >= 15 is 0 Å². The van der Waals surface area contributed by atoms with Crippen LogP contribution in [0.15, 0.2) is 0 Å². The van der Waals surface area contributed by atoms with Crippen LogP contribution in [-0.4, -0.2) is 121 Å². The van der Waals surface area contributed by atoms with Gasteiger partial charge in [-0.3, -0.25) is 8.37 Å². The molecule has 14 nitrogen and oxygen atoms in total. The molecule has 2 aliphatic carbocycles. The maximum absolute atomic E-state index is 12.4. The Morgan fingerprint density at radius 3 is 1.31 bits per heavy atom. The monoisotopic (exact) mass is 636 g/mol. The van der Waals surface area contributed by atoms with Gasteiger partial charge >= 0.3 is 32.8 Å². The largest absolute Gasteiger partial charge is 0.444 e. The molecular formula is C26H44N4O10S2. The first-order chi connectivity index (χ1) is 19.4. The van der Waals surface area contributed by atoms with E-state index in [0.717, 1.165) is 38.5 Å². The molecule has 0 aromatic rings. The molecule has 4 saturated heterocycles. The standard InChI is InChI=1S/2C13H22N2O5S/c2*1-13(2,3)19-12(16)14-7-8-15-11-9(14)5-4-6-10(11)20-21(15,17)18/h2*9-11H,4-8H2,1-3H3/t2*9-,10+,11-/m10/s1. The van der Waals surface area contributed by atoms with Crippen LogP contribution < -0.4 is 0 Å². The van der Waals surface area contributed by atoms with Crippen molar-refractivity contribution in [2.45, 2.75) is 128 Å². The summed E-state index contributed by atoms with van der Waals surface area (Å²) in [5.41, 5.74) is -1.11. The highest BCUT2D eigenvalue weighted by atomic mass is 32.2. The molecule has 0 radical (unpaired) electrons. The maximum Gasteiger partial charge on any atom is 0.410 e. The zero-order valence-corrected chi connectivity index (χ0v) is 26.9. The molecule has 4 heterocycles. The van der Waals surface area contributed by atoms with Crippen LogP contribution in [0.4, 0.5) is 9.59 Å². The second-order valence-corrected chi connectivity index (χ2v) is 16.8. The quantitative estimate of drug-likeness (QED) is 0.387. The van der Waals surface area contributed by atoms with Gasteiger partial charge in [0.25, 0.3) is 0 Å². The minimum absolute atomic E-state index is 0.148. The summed E-state index contributed by atoms with van der Waals surface area (Å²) >= 11 is 0. The van der Waals surface area contributed by atoms with Crippen molar-refractivity contribution in [1.82, 2.24) is 18.4 Å². The van der Waals surface area contributed by atoms with E-state index in [-0.39, 0.29) is 61.7 Å². The Hall–Kier alpha value is -1.72. The lowest BCUT2D eigenvalue weighted by atomic mass is 9.85. The molecule has 6 aliphatic rings. The molecule has 0 unspecified atom stereocenters. The summed E-state index contributed by atoms with van der Waals surface area (Å²) in [6.45, 7) is 12.2. The van der Waals surface area contributed by atoms with Crippen molar-refractivity contribution in [3.8, 4) is 0 Å². The Morgan fingerprint density at radius 2 is 0.976 bits per heavy atom. The maximum atomic E-state index is 12.4. The molecule has 2 amide bonds. The van der Waals surface area contributed by atoms with E-state index in [1.165, 1.54) is 8.61 Å². The van der Waals surface area contributed by atoms with E-state index < -0.39 is 31.8 Å². The molecule has 0 bridgehead atoms. The van der Waals surface area contributed by atoms with Crippen LogP contribution in [0.1, 0.15) is 80.1 Å². The molecule has 0 N–H and O–H groups in total. The van der Waals surface area contributed by atoms with Gasteiger partial charge in [0.05, 0.1) is 36.4 Å². The fraction of sp³-hybridized carbons (Fsp3) is 0.923. The number of hydrogen-bond donors (Lipinski definition) is 0. The topological polar surface area (TPSA) is 152 Å². The molecule has 240 valence electrons. The molecule has 0 aromatic carbocycles. The lowest BCUT2D eigenvalue weighted by Crippen LogP contribution is -2.63. The van der Waals surface area contributed by atoms with Crippen molar-refractivity contribution in [2.24, 2.45) is 0 Å². The number of piperazine rings is 2. The van der Waals surface area contributed by atoms with Crippen LogP contribution in [0.3, 0.4) is 0 Å². The molecule has 0 spiro atoms. The van der Waals surface area contributed by atoms with Gasteiger partial charge in [0.2, 0.25) is 0 Å². The first kappa shape index (κ1) is 31.7. The summed E-state index contributed by atoms with van der Waals surface area (Å²) in [5, 5.41) is 0. The summed E-state index contributed by atoms with van der Waals surface area (Å²) < 4.78 is 72.2. The Kier molecular flexibility index (Phi) is 8.31. The smallest absolute Gasteiger partial charge is 0.410 e. The molecule has 16 heteroatoms. The molecule has 2 saturated carbocycles. The highest BCUT2D eigenvalue weighted by Gasteiger charge is 2.57. The van der Waals surface area contributed by atoms with Gasteiger partial charge in [-0.1, -0.05) is 0 Å². The van der Waals surface area contributed by atoms with Gasteiger partial charge in [-0.2, -0.15) is 25.4 Å². The average molecular weight is 637 g/mol. The molecule has 6 fully saturated rings. The third-order valence-electron chi connectivity index (χ3n) is 8.44. The molecule has 0 aromatic heterocycles. The van der Waals surface area contributed by atoms with Crippen LogP contribution in [0, 0.1) is 0 Å². The number of carbonyl (C=O) groups is 2. The second-order valence-electron chi connectivity index (χ2n) is 13.7. The summed E-state index contributed by atoms with van der Waals surface area (Å²) in [4.78, 5) is 28.1. The van der Waals surface area contributed by atoms with Gasteiger partial charge in [-0.05, 0) is 80.1 Å². The second kappa shape index (κ2) is 11.0. The minimum atomic E-state index is -3.63. The van der Waals surface area contributed by atoms with Gasteiger partial charge in [-0.15, -0.1) is 0 Å². The first-order valence-electron chi connectivity index (χ1n) is 14.8. The van der Waals surface area contributed by atoms with Crippen molar-refractivity contribution in [1.29, 1.82) is 0 Å². The fourth-order valence-electron chi connectivity index (χ4n) is 6.96. The van der Waals surface area contributed by atoms with E-state index in [1.54, 1.807) is 9.80 Å². The van der Waals surface area contributed by atoms with E-state index in [9.17, 15) is 26.4 Å². The fourth-order valence-corrected chi connectivity index (χ4v) is 9.99. The zero-order valence-electron chi connectivity index (χ0n) is 25.2. The van der Waals surface area contributed by atoms with Gasteiger partial charge in [-0.25, -0.2) is 9.59 Å². The predicted molar refractivity (Wildman–Crippen MR) is 150 cm³/mol. The third kappa shape index (κ3) is 6.25. The molecule has 6 rings (SSSR count). The molecule has 42 heavy (non-hydrogen) atoms. The highest BCUT2D eigenvalue weighted by Crippen LogP contribution is 2.41. The van der Waals surface area contributed by atoms with Crippen LogP contribution in [0.5, 0.6) is 0 Å². The highest BCUT2D eigenvalue weighted by molar-refractivity contribution is 7.84. The minimum Gasteiger partial charge on any atom is -0.444 e. The Balaban J connectivity index is 0.000000168. The van der Waals surface area contributed by atoms with Crippen molar-refractivity contribution >= 4 is 32.8 Å². The van der Waals surface area contributed by atoms with Gasteiger partial charge in [0, 0.05) is 26.2 Å². The van der Waals surface area contributed by atoms with Gasteiger partial charge in [0.15, 0.2) is 0 Å². The number of hydrogen-bond acceptors (Lipinski definition) is 10. The number of carbonyl (C=O) groups excluding carboxylic acids is 2.